The van der Waals surface area contributed by atoms with Crippen molar-refractivity contribution in [1.29, 1.82) is 0 Å². The van der Waals surface area contributed by atoms with Gasteiger partial charge >= 0.3 is 12.0 Å². The highest BCUT2D eigenvalue weighted by Crippen LogP contribution is 2.21. The maximum absolute atomic E-state index is 13.9. The van der Waals surface area contributed by atoms with Crippen molar-refractivity contribution in [2.75, 3.05) is 31.0 Å². The number of halogens is 2. The number of rotatable bonds is 8. The van der Waals surface area contributed by atoms with Crippen LogP contribution in [0, 0.1) is 17.6 Å². The maximum atomic E-state index is 13.9. The monoisotopic (exact) mass is 486 g/mol. The zero-order chi connectivity index (χ0) is 24.7. The fourth-order valence-electron chi connectivity index (χ4n) is 3.53. The molecular formula is C21H28F2N4O5S. The summed E-state index contributed by atoms with van der Waals surface area (Å²) in [4.78, 5) is 51.6. The van der Waals surface area contributed by atoms with Gasteiger partial charge in [0.1, 0.15) is 23.7 Å². The predicted octanol–water partition coefficient (Wildman–Crippen LogP) is 1.73. The van der Waals surface area contributed by atoms with Crippen LogP contribution in [0.15, 0.2) is 18.2 Å². The summed E-state index contributed by atoms with van der Waals surface area (Å²) >= 11 is 1.29. The minimum atomic E-state index is -1.08. The van der Waals surface area contributed by atoms with Gasteiger partial charge in [0.15, 0.2) is 0 Å². The molecule has 4 amide bonds. The fourth-order valence-corrected chi connectivity index (χ4v) is 3.95. The van der Waals surface area contributed by atoms with Gasteiger partial charge in [0.05, 0.1) is 24.6 Å². The number of hydrogen-bond donors (Lipinski definition) is 3. The summed E-state index contributed by atoms with van der Waals surface area (Å²) in [5, 5.41) is 7.48. The van der Waals surface area contributed by atoms with E-state index in [4.69, 9.17) is 4.74 Å². The first-order valence-electron chi connectivity index (χ1n) is 10.3. The highest BCUT2D eigenvalue weighted by atomic mass is 32.2. The predicted molar refractivity (Wildman–Crippen MR) is 120 cm³/mol. The van der Waals surface area contributed by atoms with Crippen LogP contribution in [0.4, 0.5) is 19.3 Å². The lowest BCUT2D eigenvalue weighted by Crippen LogP contribution is -2.58. The number of carbonyl (C=O) groups excluding carboxylic acids is 4. The highest BCUT2D eigenvalue weighted by molar-refractivity contribution is 7.99. The summed E-state index contributed by atoms with van der Waals surface area (Å²) in [6.45, 7) is 3.67. The number of hydrogen-bond acceptors (Lipinski definition) is 6. The Bertz CT molecular complexity index is 901. The quantitative estimate of drug-likeness (QED) is 0.482. The molecule has 0 aliphatic carbocycles. The number of ether oxygens (including phenoxy) is 1. The Morgan fingerprint density at radius 3 is 2.52 bits per heavy atom. The third-order valence-corrected chi connectivity index (χ3v) is 5.71. The SMILES string of the molecule is COC(=O)[C@H](NC(=O)[C@@H]1[C@@H](NC(=O)Nc2ccc(F)cc2F)CCN1C(=O)CSC)C(C)C. The topological polar surface area (TPSA) is 117 Å². The van der Waals surface area contributed by atoms with Crippen LogP contribution in [0.25, 0.3) is 0 Å². The van der Waals surface area contributed by atoms with E-state index in [-0.39, 0.29) is 36.2 Å². The largest absolute Gasteiger partial charge is 0.467 e. The Balaban J connectivity index is 2.20. The van der Waals surface area contributed by atoms with Crippen molar-refractivity contribution in [1.82, 2.24) is 15.5 Å². The number of benzene rings is 1. The van der Waals surface area contributed by atoms with Crippen LogP contribution in [0.3, 0.4) is 0 Å². The van der Waals surface area contributed by atoms with E-state index in [1.165, 1.54) is 23.8 Å². The minimum Gasteiger partial charge on any atom is -0.467 e. The number of likely N-dealkylation sites (tertiary alicyclic amines) is 1. The molecular weight excluding hydrogens is 458 g/mol. The van der Waals surface area contributed by atoms with Crippen LogP contribution < -0.4 is 16.0 Å². The average molecular weight is 487 g/mol. The van der Waals surface area contributed by atoms with Crippen LogP contribution in [-0.4, -0.2) is 72.5 Å². The summed E-state index contributed by atoms with van der Waals surface area (Å²) in [6, 6.07) is -0.959. The van der Waals surface area contributed by atoms with Gasteiger partial charge in [-0.3, -0.25) is 9.59 Å². The van der Waals surface area contributed by atoms with Gasteiger partial charge in [-0.25, -0.2) is 18.4 Å². The molecule has 2 rings (SSSR count). The Morgan fingerprint density at radius 2 is 1.94 bits per heavy atom. The van der Waals surface area contributed by atoms with Gasteiger partial charge in [-0.1, -0.05) is 13.8 Å². The molecule has 12 heteroatoms. The molecule has 3 atom stereocenters. The second-order valence-corrected chi connectivity index (χ2v) is 8.70. The summed E-state index contributed by atoms with van der Waals surface area (Å²) in [5.41, 5.74) is -0.242. The number of methoxy groups -OCH3 is 1. The Morgan fingerprint density at radius 1 is 1.24 bits per heavy atom. The molecule has 3 N–H and O–H groups in total. The lowest BCUT2D eigenvalue weighted by molar-refractivity contribution is -0.147. The molecule has 1 aromatic rings. The molecule has 0 bridgehead atoms. The summed E-state index contributed by atoms with van der Waals surface area (Å²) < 4.78 is 31.7. The molecule has 9 nitrogen and oxygen atoms in total. The third kappa shape index (κ3) is 6.80. The molecule has 0 aromatic heterocycles. The van der Waals surface area contributed by atoms with Crippen molar-refractivity contribution in [2.45, 2.75) is 38.4 Å². The highest BCUT2D eigenvalue weighted by Gasteiger charge is 2.43. The molecule has 0 saturated carbocycles. The smallest absolute Gasteiger partial charge is 0.328 e. The van der Waals surface area contributed by atoms with Crippen LogP contribution >= 0.6 is 11.8 Å². The van der Waals surface area contributed by atoms with Crippen molar-refractivity contribution >= 4 is 41.3 Å². The molecule has 1 heterocycles. The van der Waals surface area contributed by atoms with Crippen LogP contribution in [0.1, 0.15) is 20.3 Å². The first kappa shape index (κ1) is 26.4. The lowest BCUT2D eigenvalue weighted by atomic mass is 10.0. The number of carbonyl (C=O) groups is 4. The average Bonchev–Trinajstić information content (AvgIpc) is 3.16. The van der Waals surface area contributed by atoms with E-state index < -0.39 is 47.7 Å². The molecule has 0 spiro atoms. The van der Waals surface area contributed by atoms with E-state index in [2.05, 4.69) is 16.0 Å². The van der Waals surface area contributed by atoms with Crippen LogP contribution in [0.2, 0.25) is 0 Å². The van der Waals surface area contributed by atoms with Crippen molar-refractivity contribution in [3.05, 3.63) is 29.8 Å². The van der Waals surface area contributed by atoms with E-state index in [9.17, 15) is 28.0 Å². The van der Waals surface area contributed by atoms with E-state index in [0.717, 1.165) is 12.1 Å². The van der Waals surface area contributed by atoms with Crippen molar-refractivity contribution in [3.63, 3.8) is 0 Å². The van der Waals surface area contributed by atoms with E-state index >= 15 is 0 Å². The van der Waals surface area contributed by atoms with Crippen LogP contribution in [0.5, 0.6) is 0 Å². The zero-order valence-corrected chi connectivity index (χ0v) is 19.6. The number of thioether (sulfide) groups is 1. The molecule has 33 heavy (non-hydrogen) atoms. The standard InChI is InChI=1S/C21H28F2N4O5S/c1-11(2)17(20(30)32-3)26-19(29)18-15(7-8-27(18)16(28)10-33-4)25-21(31)24-14-6-5-12(22)9-13(14)23/h5-6,9,11,15,17-18H,7-8,10H2,1-4H3,(H,26,29)(H2,24,25,31)/t15-,17+,18-/m0/s1. The fraction of sp³-hybridized carbons (Fsp3) is 0.524. The first-order chi connectivity index (χ1) is 15.6. The van der Waals surface area contributed by atoms with E-state index in [1.54, 1.807) is 20.1 Å². The second kappa shape index (κ2) is 11.8. The summed E-state index contributed by atoms with van der Waals surface area (Å²) in [6.07, 6.45) is 2.01. The van der Waals surface area contributed by atoms with E-state index in [0.29, 0.717) is 6.07 Å². The summed E-state index contributed by atoms with van der Waals surface area (Å²) in [7, 11) is 1.21. The Labute approximate surface area is 195 Å². The lowest BCUT2D eigenvalue weighted by Gasteiger charge is -2.30. The van der Waals surface area contributed by atoms with Crippen molar-refractivity contribution in [2.24, 2.45) is 5.92 Å². The molecule has 0 unspecified atom stereocenters. The van der Waals surface area contributed by atoms with Crippen molar-refractivity contribution < 1.29 is 32.7 Å². The van der Waals surface area contributed by atoms with Gasteiger partial charge in [0.25, 0.3) is 0 Å². The maximum Gasteiger partial charge on any atom is 0.328 e. The van der Waals surface area contributed by atoms with E-state index in [1.807, 2.05) is 0 Å². The molecule has 1 aliphatic heterocycles. The molecule has 0 radical (unpaired) electrons. The molecule has 1 aliphatic rings. The minimum absolute atomic E-state index is 0.133. The molecule has 1 aromatic carbocycles. The number of anilines is 1. The zero-order valence-electron chi connectivity index (χ0n) is 18.8. The molecule has 1 saturated heterocycles. The number of amides is 4. The number of nitrogens with zero attached hydrogens (tertiary/aromatic N) is 1. The van der Waals surface area contributed by atoms with Crippen molar-refractivity contribution in [3.8, 4) is 0 Å². The Hall–Kier alpha value is -2.89. The van der Waals surface area contributed by atoms with Gasteiger partial charge < -0.3 is 25.6 Å². The van der Waals surface area contributed by atoms with Gasteiger partial charge in [0.2, 0.25) is 11.8 Å². The third-order valence-electron chi connectivity index (χ3n) is 5.17. The van der Waals surface area contributed by atoms with Gasteiger partial charge in [-0.05, 0) is 30.7 Å². The second-order valence-electron chi connectivity index (χ2n) is 7.84. The van der Waals surface area contributed by atoms with Gasteiger partial charge in [-0.15, -0.1) is 0 Å². The normalized spacial score (nSPS) is 18.6. The Kier molecular flexibility index (Phi) is 9.44. The number of esters is 1. The summed E-state index contributed by atoms with van der Waals surface area (Å²) in [5.74, 6) is -3.45. The molecule has 182 valence electrons. The number of nitrogens with one attached hydrogen (secondary N) is 3. The van der Waals surface area contributed by atoms with Gasteiger partial charge in [0, 0.05) is 12.6 Å². The number of urea groups is 1. The van der Waals surface area contributed by atoms with Gasteiger partial charge in [-0.2, -0.15) is 11.8 Å². The molecule has 1 fully saturated rings. The first-order valence-corrected chi connectivity index (χ1v) is 11.7. The van der Waals surface area contributed by atoms with Crippen LogP contribution in [-0.2, 0) is 19.1 Å².